The van der Waals surface area contributed by atoms with E-state index in [9.17, 15) is 4.39 Å². The fourth-order valence-corrected chi connectivity index (χ4v) is 2.34. The molecule has 1 aliphatic heterocycles. The van der Waals surface area contributed by atoms with Gasteiger partial charge in [0.2, 0.25) is 0 Å². The highest BCUT2D eigenvalue weighted by Crippen LogP contribution is 2.28. The van der Waals surface area contributed by atoms with Gasteiger partial charge in [0, 0.05) is 24.7 Å². The van der Waals surface area contributed by atoms with Crippen LogP contribution in [0, 0.1) is 11.7 Å². The molecule has 1 aromatic rings. The Labute approximate surface area is 94.8 Å². The molecule has 0 spiro atoms. The molecule has 0 saturated carbocycles. The van der Waals surface area contributed by atoms with E-state index in [4.69, 9.17) is 11.6 Å². The van der Waals surface area contributed by atoms with Crippen molar-refractivity contribution in [3.05, 3.63) is 29.6 Å². The Hall–Kier alpha value is -0.760. The summed E-state index contributed by atoms with van der Waals surface area (Å²) in [5.41, 5.74) is 1.99. The third-order valence-electron chi connectivity index (χ3n) is 2.95. The summed E-state index contributed by atoms with van der Waals surface area (Å²) in [5, 5.41) is 0. The van der Waals surface area contributed by atoms with Crippen LogP contribution in [0.1, 0.15) is 18.9 Å². The van der Waals surface area contributed by atoms with Crippen LogP contribution in [-0.4, -0.2) is 13.1 Å². The van der Waals surface area contributed by atoms with E-state index in [0.29, 0.717) is 5.88 Å². The van der Waals surface area contributed by atoms with Crippen molar-refractivity contribution in [2.75, 3.05) is 18.0 Å². The van der Waals surface area contributed by atoms with Crippen molar-refractivity contribution in [2.45, 2.75) is 19.2 Å². The fraction of sp³-hybridized carbons (Fsp3) is 0.500. The van der Waals surface area contributed by atoms with Gasteiger partial charge >= 0.3 is 0 Å². The van der Waals surface area contributed by atoms with Crippen LogP contribution in [-0.2, 0) is 5.88 Å². The third kappa shape index (κ3) is 2.25. The zero-order valence-electron chi connectivity index (χ0n) is 8.84. The second kappa shape index (κ2) is 4.40. The minimum atomic E-state index is -0.207. The Morgan fingerprint density at radius 3 is 2.93 bits per heavy atom. The van der Waals surface area contributed by atoms with Gasteiger partial charge in [-0.05, 0) is 36.1 Å². The van der Waals surface area contributed by atoms with Crippen molar-refractivity contribution in [1.29, 1.82) is 0 Å². The van der Waals surface area contributed by atoms with Crippen LogP contribution in [0.3, 0.4) is 0 Å². The molecule has 0 N–H and O–H groups in total. The predicted molar refractivity (Wildman–Crippen MR) is 62.0 cm³/mol. The van der Waals surface area contributed by atoms with E-state index in [0.717, 1.165) is 30.3 Å². The van der Waals surface area contributed by atoms with Gasteiger partial charge in [-0.15, -0.1) is 11.6 Å². The topological polar surface area (TPSA) is 3.24 Å². The number of nitrogens with zero attached hydrogens (tertiary/aromatic N) is 1. The Balaban J connectivity index is 2.27. The predicted octanol–water partition coefficient (Wildman–Crippen LogP) is 3.41. The standard InChI is InChI=1S/C12H15ClFN/c1-9-4-5-15(8-9)12-3-2-11(14)6-10(12)7-13/h2-3,6,9H,4-5,7-8H2,1H3. The quantitative estimate of drug-likeness (QED) is 0.700. The molecule has 1 fully saturated rings. The molecule has 0 radical (unpaired) electrons. The summed E-state index contributed by atoms with van der Waals surface area (Å²) in [6.07, 6.45) is 1.21. The Morgan fingerprint density at radius 2 is 2.33 bits per heavy atom. The summed E-state index contributed by atoms with van der Waals surface area (Å²) in [6.45, 7) is 4.34. The van der Waals surface area contributed by atoms with Crippen molar-refractivity contribution in [3.63, 3.8) is 0 Å². The molecule has 0 bridgehead atoms. The summed E-state index contributed by atoms with van der Waals surface area (Å²) in [4.78, 5) is 2.29. The van der Waals surface area contributed by atoms with Gasteiger partial charge in [-0.2, -0.15) is 0 Å². The van der Waals surface area contributed by atoms with Gasteiger partial charge in [0.25, 0.3) is 0 Å². The fourth-order valence-electron chi connectivity index (χ4n) is 2.12. The Morgan fingerprint density at radius 1 is 1.53 bits per heavy atom. The number of hydrogen-bond donors (Lipinski definition) is 0. The monoisotopic (exact) mass is 227 g/mol. The molecule has 1 nitrogen and oxygen atoms in total. The number of halogens is 2. The summed E-state index contributed by atoms with van der Waals surface area (Å²) in [7, 11) is 0. The first kappa shape index (κ1) is 10.7. The first-order valence-electron chi connectivity index (χ1n) is 5.30. The van der Waals surface area contributed by atoms with Crippen LogP contribution in [0.4, 0.5) is 10.1 Å². The second-order valence-electron chi connectivity index (χ2n) is 4.25. The zero-order valence-corrected chi connectivity index (χ0v) is 9.60. The Kier molecular flexibility index (Phi) is 3.15. The van der Waals surface area contributed by atoms with E-state index in [1.54, 1.807) is 0 Å². The minimum Gasteiger partial charge on any atom is -0.371 e. The summed E-state index contributed by atoms with van der Waals surface area (Å²) in [6, 6.07) is 4.88. The molecule has 3 heteroatoms. The maximum Gasteiger partial charge on any atom is 0.123 e. The van der Waals surface area contributed by atoms with Crippen molar-refractivity contribution in [1.82, 2.24) is 0 Å². The van der Waals surface area contributed by atoms with Gasteiger partial charge in [-0.25, -0.2) is 4.39 Å². The lowest BCUT2D eigenvalue weighted by molar-refractivity contribution is 0.626. The van der Waals surface area contributed by atoms with Crippen molar-refractivity contribution >= 4 is 17.3 Å². The lowest BCUT2D eigenvalue weighted by Gasteiger charge is -2.21. The molecule has 2 rings (SSSR count). The molecular weight excluding hydrogens is 213 g/mol. The van der Waals surface area contributed by atoms with Gasteiger partial charge in [0.15, 0.2) is 0 Å². The van der Waals surface area contributed by atoms with Crippen LogP contribution < -0.4 is 4.90 Å². The molecule has 15 heavy (non-hydrogen) atoms. The van der Waals surface area contributed by atoms with Crippen molar-refractivity contribution in [3.8, 4) is 0 Å². The summed E-state index contributed by atoms with van der Waals surface area (Å²) < 4.78 is 13.0. The Bertz CT molecular complexity index is 353. The maximum atomic E-state index is 13.0. The molecule has 1 atom stereocenters. The number of alkyl halides is 1. The maximum absolute atomic E-state index is 13.0. The van der Waals surface area contributed by atoms with Crippen LogP contribution in [0.15, 0.2) is 18.2 Å². The van der Waals surface area contributed by atoms with Gasteiger partial charge in [0.1, 0.15) is 5.82 Å². The van der Waals surface area contributed by atoms with Crippen molar-refractivity contribution < 1.29 is 4.39 Å². The number of benzene rings is 1. The lowest BCUT2D eigenvalue weighted by atomic mass is 10.1. The number of anilines is 1. The van der Waals surface area contributed by atoms with Gasteiger partial charge in [-0.1, -0.05) is 6.92 Å². The summed E-state index contributed by atoms with van der Waals surface area (Å²) >= 11 is 5.83. The molecule has 1 unspecified atom stereocenters. The average molecular weight is 228 g/mol. The molecule has 1 aromatic carbocycles. The van der Waals surface area contributed by atoms with E-state index in [1.807, 2.05) is 6.07 Å². The highest BCUT2D eigenvalue weighted by Gasteiger charge is 2.20. The third-order valence-corrected chi connectivity index (χ3v) is 3.24. The van der Waals surface area contributed by atoms with Gasteiger partial charge in [-0.3, -0.25) is 0 Å². The van der Waals surface area contributed by atoms with E-state index in [-0.39, 0.29) is 5.82 Å². The largest absolute Gasteiger partial charge is 0.371 e. The van der Waals surface area contributed by atoms with Crippen LogP contribution in [0.5, 0.6) is 0 Å². The van der Waals surface area contributed by atoms with Crippen molar-refractivity contribution in [2.24, 2.45) is 5.92 Å². The molecule has 1 aliphatic rings. The normalized spacial score (nSPS) is 21.0. The molecule has 0 aliphatic carbocycles. The highest BCUT2D eigenvalue weighted by molar-refractivity contribution is 6.17. The lowest BCUT2D eigenvalue weighted by Crippen LogP contribution is -2.20. The number of hydrogen-bond acceptors (Lipinski definition) is 1. The molecule has 1 heterocycles. The summed E-state index contributed by atoms with van der Waals surface area (Å²) in [5.74, 6) is 0.887. The average Bonchev–Trinajstić information content (AvgIpc) is 2.64. The molecule has 1 saturated heterocycles. The first-order chi connectivity index (χ1) is 7.20. The minimum absolute atomic E-state index is 0.207. The van der Waals surface area contributed by atoms with Crippen LogP contribution >= 0.6 is 11.6 Å². The number of rotatable bonds is 2. The first-order valence-corrected chi connectivity index (χ1v) is 5.83. The SMILES string of the molecule is CC1CCN(c2ccc(F)cc2CCl)C1. The van der Waals surface area contributed by atoms with E-state index < -0.39 is 0 Å². The van der Waals surface area contributed by atoms with Gasteiger partial charge in [0.05, 0.1) is 0 Å². The van der Waals surface area contributed by atoms with E-state index in [2.05, 4.69) is 11.8 Å². The molecule has 0 amide bonds. The van der Waals surface area contributed by atoms with Crippen LogP contribution in [0.2, 0.25) is 0 Å². The second-order valence-corrected chi connectivity index (χ2v) is 4.51. The van der Waals surface area contributed by atoms with E-state index >= 15 is 0 Å². The molecule has 0 aromatic heterocycles. The van der Waals surface area contributed by atoms with Gasteiger partial charge < -0.3 is 4.90 Å². The molecular formula is C12H15ClFN. The van der Waals surface area contributed by atoms with E-state index in [1.165, 1.54) is 18.6 Å². The molecule has 82 valence electrons. The zero-order chi connectivity index (χ0) is 10.8. The smallest absolute Gasteiger partial charge is 0.123 e. The van der Waals surface area contributed by atoms with Crippen LogP contribution in [0.25, 0.3) is 0 Å². The highest BCUT2D eigenvalue weighted by atomic mass is 35.5.